The zero-order chi connectivity index (χ0) is 39.8. The highest BCUT2D eigenvalue weighted by atomic mass is 19.3. The summed E-state index contributed by atoms with van der Waals surface area (Å²) in [4.78, 5) is 67.1. The average molecular weight is 771 g/mol. The number of nitrogens with one attached hydrogen (secondary N) is 6. The van der Waals surface area contributed by atoms with Gasteiger partial charge in [-0.15, -0.1) is 0 Å². The summed E-state index contributed by atoms with van der Waals surface area (Å²) in [5.74, 6) is -1.87. The van der Waals surface area contributed by atoms with E-state index in [0.717, 1.165) is 28.7 Å². The van der Waals surface area contributed by atoms with E-state index in [1.165, 1.54) is 0 Å². The Labute approximate surface area is 321 Å². The van der Waals surface area contributed by atoms with E-state index < -0.39 is 36.3 Å². The molecule has 1 aliphatic carbocycles. The molecule has 0 radical (unpaired) electrons. The van der Waals surface area contributed by atoms with Crippen molar-refractivity contribution in [3.05, 3.63) is 89.2 Å². The minimum atomic E-state index is -2.80. The van der Waals surface area contributed by atoms with Gasteiger partial charge in [0, 0.05) is 42.2 Å². The van der Waals surface area contributed by atoms with E-state index in [2.05, 4.69) is 41.8 Å². The van der Waals surface area contributed by atoms with Gasteiger partial charge in [-0.1, -0.05) is 30.3 Å². The summed E-state index contributed by atoms with van der Waals surface area (Å²) >= 11 is 0. The molecule has 0 spiro atoms. The molecule has 3 aromatic carbocycles. The Bertz CT molecular complexity index is 2050. The molecule has 6 rings (SSSR count). The third-order valence-corrected chi connectivity index (χ3v) is 10.3. The highest BCUT2D eigenvalue weighted by Crippen LogP contribution is 2.30. The van der Waals surface area contributed by atoms with Gasteiger partial charge in [0.25, 0.3) is 12.3 Å². The second-order valence-electron chi connectivity index (χ2n) is 14.3. The molecule has 7 N–H and O–H groups in total. The van der Waals surface area contributed by atoms with Gasteiger partial charge in [0.2, 0.25) is 17.7 Å². The highest BCUT2D eigenvalue weighted by molar-refractivity contribution is 5.99. The van der Waals surface area contributed by atoms with Crippen LogP contribution in [0, 0.1) is 18.8 Å². The minimum absolute atomic E-state index is 0.0852. The van der Waals surface area contributed by atoms with Gasteiger partial charge in [-0.3, -0.25) is 24.3 Å². The van der Waals surface area contributed by atoms with Crippen molar-refractivity contribution in [1.29, 1.82) is 0 Å². The molecule has 16 heteroatoms. The van der Waals surface area contributed by atoms with Crippen molar-refractivity contribution in [3.8, 4) is 22.5 Å². The Hall–Kier alpha value is -6.19. The Balaban J connectivity index is 1.13. The van der Waals surface area contributed by atoms with E-state index in [0.29, 0.717) is 62.0 Å². The molecule has 2 atom stereocenters. The molecule has 1 unspecified atom stereocenters. The van der Waals surface area contributed by atoms with E-state index in [1.54, 1.807) is 36.4 Å². The van der Waals surface area contributed by atoms with Gasteiger partial charge < -0.3 is 31.7 Å². The predicted octanol–water partition coefficient (Wildman–Crippen LogP) is 5.13. The van der Waals surface area contributed by atoms with Crippen LogP contribution in [0.5, 0.6) is 0 Å². The number of aromatic amines is 1. The Morgan fingerprint density at radius 1 is 0.929 bits per heavy atom. The number of halogens is 2. The number of aryl methyl sites for hydroxylation is 1. The van der Waals surface area contributed by atoms with Crippen LogP contribution in [0.25, 0.3) is 22.5 Å². The topological polar surface area (TPSA) is 207 Å². The molecule has 14 nitrogen and oxygen atoms in total. The molecule has 1 saturated heterocycles. The van der Waals surface area contributed by atoms with Gasteiger partial charge >= 0.3 is 6.09 Å². The summed E-state index contributed by atoms with van der Waals surface area (Å²) in [6, 6.07) is 17.8. The quantitative estimate of drug-likeness (QED) is 0.0968. The van der Waals surface area contributed by atoms with Crippen molar-refractivity contribution < 1.29 is 37.9 Å². The van der Waals surface area contributed by atoms with Gasteiger partial charge in [-0.05, 0) is 110 Å². The first-order valence-corrected chi connectivity index (χ1v) is 18.6. The minimum Gasteiger partial charge on any atom is -0.465 e. The number of anilines is 1. The van der Waals surface area contributed by atoms with Gasteiger partial charge in [0.1, 0.15) is 12.1 Å². The lowest BCUT2D eigenvalue weighted by atomic mass is 9.81. The largest absolute Gasteiger partial charge is 0.465 e. The molecule has 1 saturated carbocycles. The first kappa shape index (κ1) is 39.5. The normalized spacial score (nSPS) is 18.7. The second kappa shape index (κ2) is 18.0. The summed E-state index contributed by atoms with van der Waals surface area (Å²) in [7, 11) is 0. The molecule has 1 aliphatic heterocycles. The lowest BCUT2D eigenvalue weighted by Crippen LogP contribution is -2.50. The number of hydrogen-bond donors (Lipinski definition) is 7. The zero-order valence-corrected chi connectivity index (χ0v) is 30.7. The van der Waals surface area contributed by atoms with Crippen LogP contribution >= 0.6 is 0 Å². The third kappa shape index (κ3) is 10.1. The molecule has 2 fully saturated rings. The van der Waals surface area contributed by atoms with Crippen LogP contribution in [-0.4, -0.2) is 75.2 Å². The SMILES string of the molecule is Cc1cc(C(=O)NC2CCCNC2=O)ccc1-c1ccc(C[C@H](NC(=O)C2CCC(CNC(=O)O)CC2)C(=O)Nc2ccc(-c3n[nH]c(C(F)F)n3)cc2)cc1. The number of piperidine rings is 1. The Kier molecular flexibility index (Phi) is 12.7. The fourth-order valence-electron chi connectivity index (χ4n) is 7.13. The number of benzene rings is 3. The summed E-state index contributed by atoms with van der Waals surface area (Å²) in [6.07, 6.45) is 0.163. The third-order valence-electron chi connectivity index (χ3n) is 10.3. The molecule has 0 bridgehead atoms. The number of H-pyrrole nitrogens is 1. The summed E-state index contributed by atoms with van der Waals surface area (Å²) in [5, 5.41) is 28.8. The van der Waals surface area contributed by atoms with Crippen LogP contribution in [0.15, 0.2) is 66.7 Å². The fourth-order valence-corrected chi connectivity index (χ4v) is 7.13. The van der Waals surface area contributed by atoms with E-state index in [1.807, 2.05) is 37.3 Å². The fraction of sp³-hybridized carbons (Fsp3) is 0.375. The maximum Gasteiger partial charge on any atom is 0.404 e. The second-order valence-corrected chi connectivity index (χ2v) is 14.3. The Morgan fingerprint density at radius 3 is 2.29 bits per heavy atom. The molecular formula is C40H44F2N8O6. The van der Waals surface area contributed by atoms with Crippen LogP contribution in [0.3, 0.4) is 0 Å². The standard InChI is InChI=1S/C40H44F2N8O6/c1-22-19-28(37(52)46-31-3-2-18-43-38(31)53)14-17-30(22)25-8-4-23(5-9-25)20-32(47-36(51)27-10-6-24(7-11-27)21-44-40(55)56)39(54)45-29-15-12-26(13-16-29)34-48-35(33(41)42)50-49-34/h4-5,8-9,12-17,19,24,27,31-33,44H,2-3,6-7,10-11,18,20-21H2,1H3,(H,43,53)(H,45,54)(H,46,52)(H,47,51)(H,55,56)(H,48,49,50)/t24?,27?,31?,32-/m0/s1. The van der Waals surface area contributed by atoms with Gasteiger partial charge in [0.15, 0.2) is 11.6 Å². The average Bonchev–Trinajstić information content (AvgIpc) is 3.70. The van der Waals surface area contributed by atoms with Crippen LogP contribution in [0.2, 0.25) is 0 Å². The first-order valence-electron chi connectivity index (χ1n) is 18.6. The van der Waals surface area contributed by atoms with Crippen LogP contribution < -0.4 is 26.6 Å². The number of aromatic nitrogens is 3. The molecule has 4 aromatic rings. The number of hydrogen-bond acceptors (Lipinski definition) is 7. The van der Waals surface area contributed by atoms with E-state index in [4.69, 9.17) is 5.11 Å². The molecule has 56 heavy (non-hydrogen) atoms. The van der Waals surface area contributed by atoms with Crippen molar-refractivity contribution in [3.63, 3.8) is 0 Å². The predicted molar refractivity (Wildman–Crippen MR) is 203 cm³/mol. The zero-order valence-electron chi connectivity index (χ0n) is 30.7. The van der Waals surface area contributed by atoms with Gasteiger partial charge in [-0.2, -0.15) is 5.10 Å². The molecule has 294 valence electrons. The number of amides is 5. The van der Waals surface area contributed by atoms with E-state index >= 15 is 0 Å². The summed E-state index contributed by atoms with van der Waals surface area (Å²) in [6.45, 7) is 2.83. The number of nitrogens with zero attached hydrogens (tertiary/aromatic N) is 2. The van der Waals surface area contributed by atoms with Crippen molar-refractivity contribution in [2.45, 2.75) is 70.4 Å². The van der Waals surface area contributed by atoms with Crippen molar-refractivity contribution >= 4 is 35.4 Å². The van der Waals surface area contributed by atoms with E-state index in [-0.39, 0.29) is 41.8 Å². The summed E-state index contributed by atoms with van der Waals surface area (Å²) in [5.41, 5.74) is 4.76. The molecule has 1 aromatic heterocycles. The number of rotatable bonds is 13. The highest BCUT2D eigenvalue weighted by Gasteiger charge is 2.30. The number of carbonyl (C=O) groups is 5. The van der Waals surface area contributed by atoms with Crippen molar-refractivity contribution in [2.24, 2.45) is 11.8 Å². The smallest absolute Gasteiger partial charge is 0.404 e. The maximum absolute atomic E-state index is 13.8. The van der Waals surface area contributed by atoms with Gasteiger partial charge in [-0.25, -0.2) is 18.6 Å². The van der Waals surface area contributed by atoms with Crippen molar-refractivity contribution in [2.75, 3.05) is 18.4 Å². The van der Waals surface area contributed by atoms with Crippen LogP contribution in [0.4, 0.5) is 19.3 Å². The number of alkyl halides is 2. The molecule has 2 heterocycles. The first-order chi connectivity index (χ1) is 26.9. The molecule has 5 amide bonds. The Morgan fingerprint density at radius 2 is 1.64 bits per heavy atom. The summed E-state index contributed by atoms with van der Waals surface area (Å²) < 4.78 is 26.0. The molecule has 2 aliphatic rings. The van der Waals surface area contributed by atoms with Crippen LogP contribution in [-0.2, 0) is 20.8 Å². The van der Waals surface area contributed by atoms with Crippen molar-refractivity contribution in [1.82, 2.24) is 36.4 Å². The van der Waals surface area contributed by atoms with Gasteiger partial charge in [0.05, 0.1) is 0 Å². The number of carboxylic acid groups (broad SMARTS) is 1. The maximum atomic E-state index is 13.8. The van der Waals surface area contributed by atoms with E-state index in [9.17, 15) is 32.8 Å². The van der Waals surface area contributed by atoms with Crippen LogP contribution in [0.1, 0.15) is 72.3 Å². The monoisotopic (exact) mass is 770 g/mol. The number of carbonyl (C=O) groups excluding carboxylic acids is 4. The lowest BCUT2D eigenvalue weighted by molar-refractivity contribution is -0.130. The lowest BCUT2D eigenvalue weighted by Gasteiger charge is -2.29. The molecular weight excluding hydrogens is 726 g/mol.